The van der Waals surface area contributed by atoms with E-state index in [9.17, 15) is 9.59 Å². The van der Waals surface area contributed by atoms with Gasteiger partial charge in [-0.15, -0.1) is 0 Å². The minimum atomic E-state index is -0.0205. The number of halogens is 2. The quantitative estimate of drug-likeness (QED) is 0.197. The smallest absolute Gasteiger partial charge is 0.251 e. The minimum Gasteiger partial charge on any atom is -0.494 e. The number of hydroxylamine groups is 1. The molecular formula is C36H42Cl2N4O4. The molecule has 0 unspecified atom stereocenters. The maximum Gasteiger partial charge on any atom is 0.251 e. The van der Waals surface area contributed by atoms with E-state index in [0.717, 1.165) is 99.6 Å². The first-order valence-electron chi connectivity index (χ1n) is 16.5. The van der Waals surface area contributed by atoms with E-state index in [0.29, 0.717) is 42.5 Å². The van der Waals surface area contributed by atoms with Crippen LogP contribution in [-0.4, -0.2) is 62.7 Å². The topological polar surface area (TPSA) is 74.4 Å². The van der Waals surface area contributed by atoms with Crippen LogP contribution in [0.4, 0.5) is 17.1 Å². The molecule has 3 aliphatic rings. The number of carbonyl (C=O) groups excluding carboxylic acids is 2. The number of rotatable bonds is 13. The lowest BCUT2D eigenvalue weighted by molar-refractivity contribution is -0.126. The summed E-state index contributed by atoms with van der Waals surface area (Å²) in [5, 5.41) is 5.67. The van der Waals surface area contributed by atoms with Crippen LogP contribution in [-0.2, 0) is 33.7 Å². The number of nitrogens with one attached hydrogen (secondary N) is 1. The zero-order valence-corrected chi connectivity index (χ0v) is 27.8. The molecule has 2 amide bonds. The van der Waals surface area contributed by atoms with Crippen molar-refractivity contribution in [3.63, 3.8) is 0 Å². The third kappa shape index (κ3) is 8.15. The fourth-order valence-corrected chi connectivity index (χ4v) is 6.81. The number of hydrogen-bond donors (Lipinski definition) is 1. The molecule has 0 saturated carbocycles. The predicted octanol–water partition coefficient (Wildman–Crippen LogP) is 7.09. The lowest BCUT2D eigenvalue weighted by atomic mass is 9.99. The summed E-state index contributed by atoms with van der Waals surface area (Å²) >= 11 is 12.6. The number of hydrogen-bond acceptors (Lipinski definition) is 6. The van der Waals surface area contributed by atoms with E-state index < -0.39 is 0 Å². The van der Waals surface area contributed by atoms with Gasteiger partial charge in [0.1, 0.15) is 5.75 Å². The van der Waals surface area contributed by atoms with E-state index in [1.54, 1.807) is 0 Å². The normalized spacial score (nSPS) is 16.7. The first-order valence-corrected chi connectivity index (χ1v) is 17.2. The lowest BCUT2D eigenvalue weighted by Gasteiger charge is -2.36. The van der Waals surface area contributed by atoms with Crippen molar-refractivity contribution in [2.45, 2.75) is 57.8 Å². The summed E-state index contributed by atoms with van der Waals surface area (Å²) in [6.45, 7) is 5.95. The molecule has 1 fully saturated rings. The number of anilines is 3. The Balaban J connectivity index is 0.909. The van der Waals surface area contributed by atoms with Crippen LogP contribution >= 0.6 is 23.2 Å². The molecule has 3 aromatic rings. The van der Waals surface area contributed by atoms with Crippen molar-refractivity contribution in [2.75, 3.05) is 61.2 Å². The third-order valence-corrected chi connectivity index (χ3v) is 9.85. The van der Waals surface area contributed by atoms with Crippen molar-refractivity contribution in [2.24, 2.45) is 0 Å². The van der Waals surface area contributed by atoms with Crippen LogP contribution in [0.2, 0.25) is 10.0 Å². The summed E-state index contributed by atoms with van der Waals surface area (Å²) in [5.74, 6) is 0.821. The molecule has 244 valence electrons. The summed E-state index contributed by atoms with van der Waals surface area (Å²) in [6.07, 6.45) is 7.15. The average molecular weight is 666 g/mol. The molecular weight excluding hydrogens is 623 g/mol. The van der Waals surface area contributed by atoms with Crippen LogP contribution in [0, 0.1) is 0 Å². The van der Waals surface area contributed by atoms with Crippen molar-refractivity contribution < 1.29 is 19.2 Å². The molecule has 0 bridgehead atoms. The largest absolute Gasteiger partial charge is 0.494 e. The SMILES string of the molecule is O=C1CCc2ccc(CCCCON3C(=O)CCc4ccc(OCCCCN5CCN(c6cccc(Cl)c6Cl)CC5)cc43)cc2N1. The number of fused-ring (bicyclic) bond motifs is 2. The van der Waals surface area contributed by atoms with Crippen molar-refractivity contribution in [3.8, 4) is 5.75 Å². The van der Waals surface area contributed by atoms with E-state index in [4.69, 9.17) is 32.8 Å². The lowest BCUT2D eigenvalue weighted by Crippen LogP contribution is -2.46. The predicted molar refractivity (Wildman–Crippen MR) is 184 cm³/mol. The Kier molecular flexibility index (Phi) is 11.0. The Morgan fingerprint density at radius 1 is 0.761 bits per heavy atom. The second kappa shape index (κ2) is 15.5. The first kappa shape index (κ1) is 32.6. The Morgan fingerprint density at radius 2 is 1.57 bits per heavy atom. The van der Waals surface area contributed by atoms with Crippen molar-refractivity contribution in [1.82, 2.24) is 4.90 Å². The molecule has 1 saturated heterocycles. The van der Waals surface area contributed by atoms with E-state index in [2.05, 4.69) is 33.3 Å². The van der Waals surface area contributed by atoms with E-state index in [1.165, 1.54) is 16.2 Å². The van der Waals surface area contributed by atoms with Gasteiger partial charge in [0.25, 0.3) is 5.91 Å². The Morgan fingerprint density at radius 3 is 2.43 bits per heavy atom. The number of unbranched alkanes of at least 4 members (excludes halogenated alkanes) is 2. The monoisotopic (exact) mass is 664 g/mol. The number of carbonyl (C=O) groups is 2. The second-order valence-corrected chi connectivity index (χ2v) is 13.1. The van der Waals surface area contributed by atoms with Gasteiger partial charge < -0.3 is 15.0 Å². The van der Waals surface area contributed by atoms with Crippen LogP contribution in [0.15, 0.2) is 54.6 Å². The molecule has 46 heavy (non-hydrogen) atoms. The van der Waals surface area contributed by atoms with Gasteiger partial charge >= 0.3 is 0 Å². The van der Waals surface area contributed by atoms with Gasteiger partial charge in [0.05, 0.1) is 34.6 Å². The Hall–Kier alpha value is -3.30. The molecule has 0 atom stereocenters. The zero-order valence-electron chi connectivity index (χ0n) is 26.2. The summed E-state index contributed by atoms with van der Waals surface area (Å²) < 4.78 is 6.11. The van der Waals surface area contributed by atoms with Gasteiger partial charge in [-0.25, -0.2) is 0 Å². The summed E-state index contributed by atoms with van der Waals surface area (Å²) in [5.41, 5.74) is 6.23. The van der Waals surface area contributed by atoms with Gasteiger partial charge in [-0.05, 0) is 92.4 Å². The van der Waals surface area contributed by atoms with E-state index >= 15 is 0 Å². The van der Waals surface area contributed by atoms with Crippen LogP contribution < -0.4 is 20.0 Å². The van der Waals surface area contributed by atoms with Crippen LogP contribution in [0.25, 0.3) is 0 Å². The fourth-order valence-electron chi connectivity index (χ4n) is 6.39. The molecule has 10 heteroatoms. The standard InChI is InChI=1S/C36H42Cl2N4O4/c37-30-7-5-8-32(36(30)38)41-20-18-40(19-21-41)17-2-4-22-45-29-14-11-28-13-16-35(44)42(33(28)25-29)46-23-3-1-6-26-9-10-27-12-15-34(43)39-31(27)24-26/h5,7-11,14,24-25H,1-4,6,12-13,15-23H2,(H,39,43). The molecule has 6 rings (SSSR count). The number of nitrogens with zero attached hydrogens (tertiary/aromatic N) is 3. The highest BCUT2D eigenvalue weighted by Crippen LogP contribution is 2.34. The minimum absolute atomic E-state index is 0.0205. The van der Waals surface area contributed by atoms with Crippen LogP contribution in [0.5, 0.6) is 5.75 Å². The number of amides is 2. The van der Waals surface area contributed by atoms with Crippen LogP contribution in [0.1, 0.15) is 55.2 Å². The highest BCUT2D eigenvalue weighted by Gasteiger charge is 2.26. The first-order chi connectivity index (χ1) is 22.4. The van der Waals surface area contributed by atoms with Crippen molar-refractivity contribution >= 4 is 52.1 Å². The van der Waals surface area contributed by atoms with Crippen LogP contribution in [0.3, 0.4) is 0 Å². The number of aryl methyl sites for hydroxylation is 3. The van der Waals surface area contributed by atoms with Gasteiger partial charge in [0.2, 0.25) is 5.91 Å². The molecule has 0 radical (unpaired) electrons. The second-order valence-electron chi connectivity index (χ2n) is 12.3. The molecule has 0 spiro atoms. The molecule has 1 N–H and O–H groups in total. The molecule has 3 aliphatic heterocycles. The molecule has 0 aromatic heterocycles. The van der Waals surface area contributed by atoms with Gasteiger partial charge in [-0.3, -0.25) is 19.3 Å². The summed E-state index contributed by atoms with van der Waals surface area (Å²) in [7, 11) is 0. The molecule has 3 heterocycles. The van der Waals surface area contributed by atoms with E-state index in [-0.39, 0.29) is 11.8 Å². The zero-order chi connectivity index (χ0) is 31.9. The Labute approximate surface area is 281 Å². The van der Waals surface area contributed by atoms with Crippen molar-refractivity contribution in [1.29, 1.82) is 0 Å². The highest BCUT2D eigenvalue weighted by molar-refractivity contribution is 6.43. The fraction of sp³-hybridized carbons (Fsp3) is 0.444. The summed E-state index contributed by atoms with van der Waals surface area (Å²) in [4.78, 5) is 35.4. The van der Waals surface area contributed by atoms with Crippen molar-refractivity contribution in [3.05, 3.63) is 81.3 Å². The van der Waals surface area contributed by atoms with Gasteiger partial charge in [0.15, 0.2) is 0 Å². The average Bonchev–Trinajstić information content (AvgIpc) is 3.06. The van der Waals surface area contributed by atoms with Gasteiger partial charge in [0, 0.05) is 50.8 Å². The molecule has 8 nitrogen and oxygen atoms in total. The number of benzene rings is 3. The van der Waals surface area contributed by atoms with Gasteiger partial charge in [-0.2, -0.15) is 5.06 Å². The summed E-state index contributed by atoms with van der Waals surface area (Å²) in [6, 6.07) is 18.1. The third-order valence-electron chi connectivity index (χ3n) is 9.04. The maximum absolute atomic E-state index is 12.8. The molecule has 3 aromatic carbocycles. The Bertz CT molecular complexity index is 1540. The number of ether oxygens (including phenoxy) is 1. The maximum atomic E-state index is 12.8. The van der Waals surface area contributed by atoms with Gasteiger partial charge in [-0.1, -0.05) is 47.5 Å². The van der Waals surface area contributed by atoms with E-state index in [1.807, 2.05) is 36.4 Å². The molecule has 0 aliphatic carbocycles. The number of piperazine rings is 1. The highest BCUT2D eigenvalue weighted by atomic mass is 35.5.